The number of anilines is 1. The zero-order valence-corrected chi connectivity index (χ0v) is 19.0. The molecule has 1 N–H and O–H groups in total. The highest BCUT2D eigenvalue weighted by molar-refractivity contribution is 9.10. The first kappa shape index (κ1) is 20.1. The largest absolute Gasteiger partial charge is 0.324 e. The number of nitrogens with zero attached hydrogens (tertiary/aromatic N) is 1. The molecule has 1 unspecified atom stereocenters. The summed E-state index contributed by atoms with van der Waals surface area (Å²) < 4.78 is 1.51. The van der Waals surface area contributed by atoms with E-state index < -0.39 is 6.04 Å². The van der Waals surface area contributed by atoms with Crippen LogP contribution in [0.25, 0.3) is 0 Å². The second kappa shape index (κ2) is 8.30. The molecule has 0 aliphatic carbocycles. The summed E-state index contributed by atoms with van der Waals surface area (Å²) in [5.41, 5.74) is 2.69. The Morgan fingerprint density at radius 3 is 2.48 bits per heavy atom. The summed E-state index contributed by atoms with van der Waals surface area (Å²) in [5, 5.41) is 3.44. The molecule has 1 aliphatic rings. The molecular weight excluding hydrogens is 520 g/mol. The van der Waals surface area contributed by atoms with Crippen molar-refractivity contribution >= 4 is 61.0 Å². The quantitative estimate of drug-likeness (QED) is 0.435. The highest BCUT2D eigenvalue weighted by Gasteiger charge is 2.35. The van der Waals surface area contributed by atoms with E-state index in [-0.39, 0.29) is 18.4 Å². The number of rotatable bonds is 2. The van der Waals surface area contributed by atoms with E-state index in [0.29, 0.717) is 20.7 Å². The van der Waals surface area contributed by atoms with Crippen LogP contribution in [-0.2, 0) is 4.79 Å². The molecular formula is C22H15Br2ClN2O2. The lowest BCUT2D eigenvalue weighted by Gasteiger charge is -2.31. The predicted molar refractivity (Wildman–Crippen MR) is 121 cm³/mol. The van der Waals surface area contributed by atoms with Crippen molar-refractivity contribution in [1.29, 1.82) is 0 Å². The topological polar surface area (TPSA) is 49.4 Å². The number of carbonyl (C=O) groups is 2. The first-order valence-electron chi connectivity index (χ1n) is 8.85. The molecule has 0 spiro atoms. The van der Waals surface area contributed by atoms with Crippen molar-refractivity contribution in [3.05, 3.63) is 97.4 Å². The van der Waals surface area contributed by atoms with Crippen LogP contribution in [-0.4, -0.2) is 23.3 Å². The van der Waals surface area contributed by atoms with Crippen molar-refractivity contribution in [2.24, 2.45) is 0 Å². The van der Waals surface area contributed by atoms with Crippen molar-refractivity contribution in [2.75, 3.05) is 11.9 Å². The van der Waals surface area contributed by atoms with E-state index in [9.17, 15) is 9.59 Å². The van der Waals surface area contributed by atoms with Gasteiger partial charge in [-0.15, -0.1) is 0 Å². The van der Waals surface area contributed by atoms with Crippen LogP contribution in [0.4, 0.5) is 5.69 Å². The zero-order valence-electron chi connectivity index (χ0n) is 15.0. The third-order valence-corrected chi connectivity index (χ3v) is 6.30. The van der Waals surface area contributed by atoms with Gasteiger partial charge in [-0.2, -0.15) is 0 Å². The fourth-order valence-corrected chi connectivity index (χ4v) is 4.56. The number of amides is 2. The molecule has 2 amide bonds. The maximum Gasteiger partial charge on any atom is 0.256 e. The normalized spacial score (nSPS) is 16.0. The second-order valence-corrected chi connectivity index (χ2v) is 8.79. The van der Waals surface area contributed by atoms with Crippen molar-refractivity contribution in [3.63, 3.8) is 0 Å². The van der Waals surface area contributed by atoms with Crippen molar-refractivity contribution in [1.82, 2.24) is 4.90 Å². The molecule has 0 bridgehead atoms. The average Bonchev–Trinajstić information content (AvgIpc) is 2.84. The third kappa shape index (κ3) is 3.97. The number of halogens is 3. The number of hydrogen-bond acceptors (Lipinski definition) is 2. The molecule has 0 radical (unpaired) electrons. The first-order chi connectivity index (χ1) is 14.0. The van der Waals surface area contributed by atoms with Gasteiger partial charge in [0, 0.05) is 25.2 Å². The summed E-state index contributed by atoms with van der Waals surface area (Å²) in [4.78, 5) is 27.8. The first-order valence-corrected chi connectivity index (χ1v) is 10.8. The minimum atomic E-state index is -0.533. The van der Waals surface area contributed by atoms with Gasteiger partial charge in [0.1, 0.15) is 6.54 Å². The monoisotopic (exact) mass is 532 g/mol. The van der Waals surface area contributed by atoms with Crippen molar-refractivity contribution < 1.29 is 9.59 Å². The summed E-state index contributed by atoms with van der Waals surface area (Å²) in [6.07, 6.45) is 0. The van der Waals surface area contributed by atoms with Crippen LogP contribution in [0.1, 0.15) is 27.5 Å². The Morgan fingerprint density at radius 2 is 1.72 bits per heavy atom. The Morgan fingerprint density at radius 1 is 1.00 bits per heavy atom. The Kier molecular flexibility index (Phi) is 5.76. The lowest BCUT2D eigenvalue weighted by atomic mass is 9.95. The van der Waals surface area contributed by atoms with E-state index in [1.165, 1.54) is 0 Å². The van der Waals surface area contributed by atoms with Crippen LogP contribution in [0.15, 0.2) is 75.7 Å². The molecule has 1 atom stereocenters. The van der Waals surface area contributed by atoms with Crippen molar-refractivity contribution in [3.8, 4) is 0 Å². The standard InChI is InChI=1S/C22H15Br2ClN2O2/c23-13-9-10-19-16(11-13)21(15-6-2-4-8-18(15)25)27(12-20(28)26-19)22(29)14-5-1-3-7-17(14)24/h1-11,21H,12H2,(H,26,28). The van der Waals surface area contributed by atoms with Gasteiger partial charge in [0.15, 0.2) is 0 Å². The average molecular weight is 535 g/mol. The van der Waals surface area contributed by atoms with Crippen LogP contribution in [0.2, 0.25) is 5.02 Å². The van der Waals surface area contributed by atoms with Crippen molar-refractivity contribution in [2.45, 2.75) is 6.04 Å². The predicted octanol–water partition coefficient (Wildman–Crippen LogP) is 6.05. The highest BCUT2D eigenvalue weighted by atomic mass is 79.9. The summed E-state index contributed by atoms with van der Waals surface area (Å²) in [5.74, 6) is -0.520. The molecule has 4 nitrogen and oxygen atoms in total. The Labute approximate surface area is 190 Å². The zero-order chi connectivity index (χ0) is 20.5. The maximum atomic E-state index is 13.6. The lowest BCUT2D eigenvalue weighted by Crippen LogP contribution is -2.39. The molecule has 146 valence electrons. The number of benzene rings is 3. The van der Waals surface area contributed by atoms with E-state index >= 15 is 0 Å². The summed E-state index contributed by atoms with van der Waals surface area (Å²) in [7, 11) is 0. The van der Waals surface area contributed by atoms with E-state index in [0.717, 1.165) is 15.6 Å². The minimum Gasteiger partial charge on any atom is -0.324 e. The van der Waals surface area contributed by atoms with Gasteiger partial charge < -0.3 is 10.2 Å². The van der Waals surface area contributed by atoms with Gasteiger partial charge in [0.2, 0.25) is 5.91 Å². The van der Waals surface area contributed by atoms with Gasteiger partial charge in [-0.3, -0.25) is 9.59 Å². The lowest BCUT2D eigenvalue weighted by molar-refractivity contribution is -0.117. The molecule has 0 saturated carbocycles. The smallest absolute Gasteiger partial charge is 0.256 e. The Hall–Kier alpha value is -2.15. The van der Waals surface area contributed by atoms with Crippen LogP contribution >= 0.6 is 43.5 Å². The van der Waals surface area contributed by atoms with E-state index in [1.807, 2.05) is 42.5 Å². The second-order valence-electron chi connectivity index (χ2n) is 6.62. The third-order valence-electron chi connectivity index (χ3n) is 4.77. The molecule has 1 heterocycles. The molecule has 0 saturated heterocycles. The van der Waals surface area contributed by atoms with Crippen LogP contribution in [0.5, 0.6) is 0 Å². The summed E-state index contributed by atoms with van der Waals surface area (Å²) in [6, 6.07) is 19.6. The molecule has 4 rings (SSSR count). The Balaban J connectivity index is 1.94. The maximum absolute atomic E-state index is 13.6. The van der Waals surface area contributed by atoms with Gasteiger partial charge in [-0.25, -0.2) is 0 Å². The SMILES string of the molecule is O=C1CN(C(=O)c2ccccc2Br)C(c2ccccc2Cl)c2cc(Br)ccc2N1. The molecule has 0 aromatic heterocycles. The van der Waals surface area contributed by atoms with Gasteiger partial charge in [0.25, 0.3) is 5.91 Å². The van der Waals surface area contributed by atoms with Gasteiger partial charge in [0.05, 0.1) is 11.6 Å². The molecule has 3 aromatic rings. The summed E-state index contributed by atoms with van der Waals surface area (Å²) >= 11 is 13.5. The number of nitrogens with one attached hydrogen (secondary N) is 1. The molecule has 29 heavy (non-hydrogen) atoms. The molecule has 0 fully saturated rings. The van der Waals surface area contributed by atoms with E-state index in [4.69, 9.17) is 11.6 Å². The molecule has 1 aliphatic heterocycles. The fourth-order valence-electron chi connectivity index (χ4n) is 3.49. The van der Waals surface area contributed by atoms with E-state index in [2.05, 4.69) is 37.2 Å². The van der Waals surface area contributed by atoms with Gasteiger partial charge >= 0.3 is 0 Å². The van der Waals surface area contributed by atoms with Crippen LogP contribution in [0, 0.1) is 0 Å². The fraction of sp³-hybridized carbons (Fsp3) is 0.0909. The molecule has 3 aromatic carbocycles. The van der Waals surface area contributed by atoms with E-state index in [1.54, 1.807) is 29.2 Å². The number of carbonyl (C=O) groups excluding carboxylic acids is 2. The summed E-state index contributed by atoms with van der Waals surface area (Å²) in [6.45, 7) is -0.0949. The number of fused-ring (bicyclic) bond motifs is 1. The Bertz CT molecular complexity index is 1120. The minimum absolute atomic E-state index is 0.0949. The van der Waals surface area contributed by atoms with Crippen LogP contribution < -0.4 is 5.32 Å². The number of hydrogen-bond donors (Lipinski definition) is 1. The van der Waals surface area contributed by atoms with Gasteiger partial charge in [-0.05, 0) is 57.9 Å². The highest BCUT2D eigenvalue weighted by Crippen LogP contribution is 2.40. The van der Waals surface area contributed by atoms with Gasteiger partial charge in [-0.1, -0.05) is 57.9 Å². The van der Waals surface area contributed by atoms with Crippen LogP contribution in [0.3, 0.4) is 0 Å². The molecule has 7 heteroatoms.